The first kappa shape index (κ1) is 16.2. The number of aliphatic carboxylic acids is 1. The van der Waals surface area contributed by atoms with Crippen molar-refractivity contribution < 1.29 is 14.7 Å². The van der Waals surface area contributed by atoms with Gasteiger partial charge in [0.25, 0.3) is 5.91 Å². The molecule has 2 aliphatic heterocycles. The number of thioether (sulfide) groups is 1. The maximum absolute atomic E-state index is 11.7. The Labute approximate surface area is 149 Å². The van der Waals surface area contributed by atoms with Gasteiger partial charge in [-0.05, 0) is 17.7 Å². The van der Waals surface area contributed by atoms with Crippen LogP contribution in [-0.2, 0) is 9.59 Å². The van der Waals surface area contributed by atoms with Crippen LogP contribution in [-0.4, -0.2) is 38.1 Å². The highest BCUT2D eigenvalue weighted by Crippen LogP contribution is 2.28. The van der Waals surface area contributed by atoms with E-state index in [0.29, 0.717) is 14.9 Å². The average molecular weight is 412 g/mol. The van der Waals surface area contributed by atoms with Gasteiger partial charge in [0, 0.05) is 17.1 Å². The molecule has 1 fully saturated rings. The minimum atomic E-state index is -0.997. The SMILES string of the molecule is O=C1NC(=S)S/C1=C\N1N=C(c2ccc(Br)cc2)C[C@@H]1C(=O)O. The smallest absolute Gasteiger partial charge is 0.328 e. The number of benzene rings is 1. The van der Waals surface area contributed by atoms with Crippen molar-refractivity contribution in [2.75, 3.05) is 0 Å². The quantitative estimate of drug-likeness (QED) is 0.586. The van der Waals surface area contributed by atoms with Crippen molar-refractivity contribution in [1.82, 2.24) is 10.3 Å². The van der Waals surface area contributed by atoms with Crippen LogP contribution in [0.5, 0.6) is 0 Å². The molecule has 0 saturated carbocycles. The summed E-state index contributed by atoms with van der Waals surface area (Å²) in [6.45, 7) is 0. The number of halogens is 1. The van der Waals surface area contributed by atoms with Crippen molar-refractivity contribution in [3.63, 3.8) is 0 Å². The lowest BCUT2D eigenvalue weighted by atomic mass is 10.0. The van der Waals surface area contributed by atoms with E-state index in [0.717, 1.165) is 21.8 Å². The summed E-state index contributed by atoms with van der Waals surface area (Å²) in [5.74, 6) is -1.33. The van der Waals surface area contributed by atoms with Crippen LogP contribution in [0.4, 0.5) is 0 Å². The normalized spacial score (nSPS) is 22.5. The Kier molecular flexibility index (Phi) is 4.51. The first-order valence-electron chi connectivity index (χ1n) is 6.53. The van der Waals surface area contributed by atoms with Gasteiger partial charge in [0.05, 0.1) is 10.6 Å². The van der Waals surface area contributed by atoms with Crippen LogP contribution in [0.15, 0.2) is 44.9 Å². The highest BCUT2D eigenvalue weighted by Gasteiger charge is 2.34. The Morgan fingerprint density at radius 3 is 2.74 bits per heavy atom. The Bertz CT molecular complexity index is 761. The molecule has 0 aliphatic carbocycles. The van der Waals surface area contributed by atoms with E-state index in [4.69, 9.17) is 12.2 Å². The summed E-state index contributed by atoms with van der Waals surface area (Å²) in [5.41, 5.74) is 1.51. The predicted octanol–water partition coefficient (Wildman–Crippen LogP) is 2.30. The van der Waals surface area contributed by atoms with Crippen LogP contribution in [0.1, 0.15) is 12.0 Å². The number of nitrogens with zero attached hydrogens (tertiary/aromatic N) is 2. The molecule has 23 heavy (non-hydrogen) atoms. The topological polar surface area (TPSA) is 82.0 Å². The molecule has 2 heterocycles. The largest absolute Gasteiger partial charge is 0.480 e. The van der Waals surface area contributed by atoms with Crippen LogP contribution in [0.2, 0.25) is 0 Å². The molecule has 118 valence electrons. The number of hydrogen-bond donors (Lipinski definition) is 2. The van der Waals surface area contributed by atoms with Crippen LogP contribution in [0.25, 0.3) is 0 Å². The van der Waals surface area contributed by atoms with E-state index in [2.05, 4.69) is 26.3 Å². The van der Waals surface area contributed by atoms with E-state index in [9.17, 15) is 14.7 Å². The summed E-state index contributed by atoms with van der Waals surface area (Å²) < 4.78 is 1.28. The molecule has 6 nitrogen and oxygen atoms in total. The zero-order valence-corrected chi connectivity index (χ0v) is 14.7. The Morgan fingerprint density at radius 1 is 1.48 bits per heavy atom. The molecule has 1 aromatic rings. The second-order valence-corrected chi connectivity index (χ2v) is 7.46. The Balaban J connectivity index is 1.91. The van der Waals surface area contributed by atoms with E-state index in [1.807, 2.05) is 24.3 Å². The van der Waals surface area contributed by atoms with Crippen molar-refractivity contribution in [3.05, 3.63) is 45.4 Å². The number of carboxylic acid groups (broad SMARTS) is 1. The van der Waals surface area contributed by atoms with E-state index in [1.165, 1.54) is 11.2 Å². The number of amides is 1. The molecule has 0 aromatic heterocycles. The van der Waals surface area contributed by atoms with Gasteiger partial charge in [-0.1, -0.05) is 52.0 Å². The predicted molar refractivity (Wildman–Crippen MR) is 95.0 cm³/mol. The van der Waals surface area contributed by atoms with E-state index in [-0.39, 0.29) is 12.3 Å². The summed E-state index contributed by atoms with van der Waals surface area (Å²) in [6, 6.07) is 6.62. The maximum Gasteiger partial charge on any atom is 0.328 e. The van der Waals surface area contributed by atoms with E-state index < -0.39 is 12.0 Å². The maximum atomic E-state index is 11.7. The number of carbonyl (C=O) groups is 2. The third-order valence-corrected chi connectivity index (χ3v) is 4.98. The molecule has 1 atom stereocenters. The average Bonchev–Trinajstić information content (AvgIpc) is 3.04. The van der Waals surface area contributed by atoms with Gasteiger partial charge in [-0.15, -0.1) is 0 Å². The van der Waals surface area contributed by atoms with Crippen molar-refractivity contribution in [1.29, 1.82) is 0 Å². The van der Waals surface area contributed by atoms with Gasteiger partial charge >= 0.3 is 5.97 Å². The molecule has 1 saturated heterocycles. The van der Waals surface area contributed by atoms with Crippen molar-refractivity contribution in [2.45, 2.75) is 12.5 Å². The third kappa shape index (κ3) is 3.46. The van der Waals surface area contributed by atoms with Crippen LogP contribution in [0, 0.1) is 0 Å². The summed E-state index contributed by atoms with van der Waals surface area (Å²) in [6.07, 6.45) is 1.70. The number of hydrogen-bond acceptors (Lipinski definition) is 6. The summed E-state index contributed by atoms with van der Waals surface area (Å²) >= 11 is 9.38. The lowest BCUT2D eigenvalue weighted by Crippen LogP contribution is -2.31. The number of rotatable bonds is 3. The van der Waals surface area contributed by atoms with Gasteiger partial charge in [0.15, 0.2) is 6.04 Å². The van der Waals surface area contributed by atoms with Crippen LogP contribution >= 0.6 is 39.9 Å². The molecule has 0 spiro atoms. The fourth-order valence-electron chi connectivity index (χ4n) is 2.19. The molecule has 1 amide bonds. The molecule has 9 heteroatoms. The standard InChI is InChI=1S/C14H10BrN3O3S2/c15-8-3-1-7(2-4-8)9-5-10(13(20)21)18(17-9)6-11-12(19)16-14(22)23-11/h1-4,6,10H,5H2,(H,20,21)(H,16,19,22)/b11-6-/t10-/m1/s1. The first-order chi connectivity index (χ1) is 10.9. The number of thiocarbonyl (C=S) groups is 1. The zero-order valence-electron chi connectivity index (χ0n) is 11.5. The minimum Gasteiger partial charge on any atom is -0.480 e. The Hall–Kier alpha value is -1.71. The molecule has 3 rings (SSSR count). The molecule has 2 aliphatic rings. The first-order valence-corrected chi connectivity index (χ1v) is 8.55. The second-order valence-electron chi connectivity index (χ2n) is 4.83. The summed E-state index contributed by atoms with van der Waals surface area (Å²) in [7, 11) is 0. The van der Waals surface area contributed by atoms with Crippen molar-refractivity contribution in [2.24, 2.45) is 5.10 Å². The monoisotopic (exact) mass is 411 g/mol. The van der Waals surface area contributed by atoms with Gasteiger partial charge in [-0.25, -0.2) is 4.79 Å². The molecule has 2 N–H and O–H groups in total. The molecule has 0 radical (unpaired) electrons. The van der Waals surface area contributed by atoms with Gasteiger partial charge in [-0.3, -0.25) is 9.80 Å². The highest BCUT2D eigenvalue weighted by molar-refractivity contribution is 9.10. The van der Waals surface area contributed by atoms with Crippen LogP contribution < -0.4 is 5.32 Å². The number of nitrogens with one attached hydrogen (secondary N) is 1. The highest BCUT2D eigenvalue weighted by atomic mass is 79.9. The van der Waals surface area contributed by atoms with E-state index >= 15 is 0 Å². The third-order valence-electron chi connectivity index (χ3n) is 3.30. The number of carboxylic acids is 1. The molecular formula is C14H10BrN3O3S2. The van der Waals surface area contributed by atoms with E-state index in [1.54, 1.807) is 0 Å². The van der Waals surface area contributed by atoms with Gasteiger partial charge in [-0.2, -0.15) is 5.10 Å². The lowest BCUT2D eigenvalue weighted by molar-refractivity contribution is -0.141. The Morgan fingerprint density at radius 2 is 2.17 bits per heavy atom. The van der Waals surface area contributed by atoms with Gasteiger partial charge < -0.3 is 10.4 Å². The molecule has 0 bridgehead atoms. The minimum absolute atomic E-state index is 0.261. The fourth-order valence-corrected chi connectivity index (χ4v) is 3.47. The number of hydrazone groups is 1. The molecule has 1 aromatic carbocycles. The fraction of sp³-hybridized carbons (Fsp3) is 0.143. The number of carbonyl (C=O) groups excluding carboxylic acids is 1. The zero-order chi connectivity index (χ0) is 16.6. The lowest BCUT2D eigenvalue weighted by Gasteiger charge is -2.15. The summed E-state index contributed by atoms with van der Waals surface area (Å²) in [4.78, 5) is 23.5. The van der Waals surface area contributed by atoms with Gasteiger partial charge in [0.2, 0.25) is 0 Å². The van der Waals surface area contributed by atoms with Crippen molar-refractivity contribution >= 4 is 61.8 Å². The molecular weight excluding hydrogens is 402 g/mol. The summed E-state index contributed by atoms with van der Waals surface area (Å²) in [5, 5.41) is 17.6. The van der Waals surface area contributed by atoms with Crippen molar-refractivity contribution in [3.8, 4) is 0 Å². The van der Waals surface area contributed by atoms with Gasteiger partial charge in [0.1, 0.15) is 4.32 Å². The molecule has 0 unspecified atom stereocenters. The second kappa shape index (κ2) is 6.42. The van der Waals surface area contributed by atoms with Crippen LogP contribution in [0.3, 0.4) is 0 Å².